The third-order valence-corrected chi connectivity index (χ3v) is 3.31. The smallest absolute Gasteiger partial charge is 0.0770 e. The largest absolute Gasteiger partial charge is 0.287 e. The fourth-order valence-electron chi connectivity index (χ4n) is 2.30. The number of hydrogen-bond donors (Lipinski definition) is 0. The molecule has 0 saturated heterocycles. The van der Waals surface area contributed by atoms with Crippen LogP contribution in [0, 0.1) is 11.3 Å². The van der Waals surface area contributed by atoms with Crippen molar-refractivity contribution in [2.45, 2.75) is 46.7 Å². The average molecular weight is 218 g/mol. The average Bonchev–Trinajstić information content (AvgIpc) is 2.58. The first-order chi connectivity index (χ1) is 7.39. The van der Waals surface area contributed by atoms with Crippen molar-refractivity contribution in [2.24, 2.45) is 16.4 Å². The lowest BCUT2D eigenvalue weighted by Crippen LogP contribution is -2.36. The van der Waals surface area contributed by atoms with Crippen LogP contribution in [0.2, 0.25) is 0 Å². The van der Waals surface area contributed by atoms with Crippen molar-refractivity contribution in [2.75, 3.05) is 0 Å². The molecule has 0 N–H and O–H groups in total. The molecule has 0 aromatic carbocycles. The summed E-state index contributed by atoms with van der Waals surface area (Å²) in [6.07, 6.45) is 9.03. The first-order valence-corrected chi connectivity index (χ1v) is 6.12. The molecule has 0 amide bonds. The van der Waals surface area contributed by atoms with Crippen molar-refractivity contribution in [3.05, 3.63) is 23.8 Å². The van der Waals surface area contributed by atoms with Crippen LogP contribution >= 0.6 is 0 Å². The van der Waals surface area contributed by atoms with Crippen LogP contribution in [0.5, 0.6) is 0 Å². The van der Waals surface area contributed by atoms with Gasteiger partial charge in [-0.05, 0) is 24.8 Å². The standard InChI is InChI=1S/C14H22N2/c1-10(2)16-13-7-6-12(14(3,4)5)8-11(13)9-15-16/h6-11,13H,1-5H3. The van der Waals surface area contributed by atoms with Crippen LogP contribution in [0.4, 0.5) is 0 Å². The van der Waals surface area contributed by atoms with E-state index in [0.29, 0.717) is 18.0 Å². The van der Waals surface area contributed by atoms with Gasteiger partial charge in [-0.25, -0.2) is 0 Å². The molecule has 2 nitrogen and oxygen atoms in total. The second kappa shape index (κ2) is 3.76. The minimum Gasteiger partial charge on any atom is -0.287 e. The predicted molar refractivity (Wildman–Crippen MR) is 69.4 cm³/mol. The maximum atomic E-state index is 4.51. The van der Waals surface area contributed by atoms with Gasteiger partial charge >= 0.3 is 0 Å². The topological polar surface area (TPSA) is 15.6 Å². The van der Waals surface area contributed by atoms with Gasteiger partial charge in [0.2, 0.25) is 0 Å². The number of fused-ring (bicyclic) bond motifs is 1. The summed E-state index contributed by atoms with van der Waals surface area (Å²) >= 11 is 0. The van der Waals surface area contributed by atoms with Crippen molar-refractivity contribution in [3.63, 3.8) is 0 Å². The zero-order valence-electron chi connectivity index (χ0n) is 10.9. The first kappa shape index (κ1) is 11.4. The van der Waals surface area contributed by atoms with E-state index in [-0.39, 0.29) is 5.41 Å². The summed E-state index contributed by atoms with van der Waals surface area (Å²) in [4.78, 5) is 0. The first-order valence-electron chi connectivity index (χ1n) is 6.12. The molecule has 1 aliphatic carbocycles. The molecule has 2 rings (SSSR count). The van der Waals surface area contributed by atoms with Crippen molar-refractivity contribution in [1.29, 1.82) is 0 Å². The Hall–Kier alpha value is -1.05. The van der Waals surface area contributed by atoms with E-state index in [2.05, 4.69) is 69.2 Å². The van der Waals surface area contributed by atoms with Crippen molar-refractivity contribution >= 4 is 6.21 Å². The molecule has 1 heterocycles. The summed E-state index contributed by atoms with van der Waals surface area (Å²) in [5, 5.41) is 6.70. The molecule has 2 unspecified atom stereocenters. The Morgan fingerprint density at radius 3 is 2.56 bits per heavy atom. The molecule has 2 atom stereocenters. The van der Waals surface area contributed by atoms with Crippen LogP contribution in [0.15, 0.2) is 28.9 Å². The summed E-state index contributed by atoms with van der Waals surface area (Å²) in [6.45, 7) is 11.2. The molecule has 0 bridgehead atoms. The zero-order chi connectivity index (χ0) is 11.9. The monoisotopic (exact) mass is 218 g/mol. The lowest BCUT2D eigenvalue weighted by atomic mass is 9.80. The SMILES string of the molecule is CC(C)N1N=CC2C=C(C(C)(C)C)C=CC21. The quantitative estimate of drug-likeness (QED) is 0.660. The van der Waals surface area contributed by atoms with E-state index >= 15 is 0 Å². The highest BCUT2D eigenvalue weighted by atomic mass is 15.5. The van der Waals surface area contributed by atoms with Gasteiger partial charge in [-0.3, -0.25) is 5.01 Å². The second-order valence-corrected chi connectivity index (χ2v) is 6.04. The van der Waals surface area contributed by atoms with Crippen LogP contribution < -0.4 is 0 Å². The maximum absolute atomic E-state index is 4.51. The Kier molecular flexibility index (Phi) is 2.69. The highest BCUT2D eigenvalue weighted by molar-refractivity contribution is 5.68. The van der Waals surface area contributed by atoms with Crippen LogP contribution in [0.25, 0.3) is 0 Å². The molecule has 1 aliphatic heterocycles. The molecule has 88 valence electrons. The molecular formula is C14H22N2. The summed E-state index contributed by atoms with van der Waals surface area (Å²) < 4.78 is 0. The molecule has 0 saturated carbocycles. The Morgan fingerprint density at radius 2 is 2.00 bits per heavy atom. The van der Waals surface area contributed by atoms with Crippen LogP contribution in [-0.4, -0.2) is 23.3 Å². The molecule has 0 aromatic heterocycles. The van der Waals surface area contributed by atoms with Crippen molar-refractivity contribution in [1.82, 2.24) is 5.01 Å². The van der Waals surface area contributed by atoms with Gasteiger partial charge in [-0.1, -0.05) is 39.0 Å². The molecular weight excluding hydrogens is 196 g/mol. The number of hydrazone groups is 1. The molecule has 0 spiro atoms. The van der Waals surface area contributed by atoms with E-state index in [9.17, 15) is 0 Å². The number of allylic oxidation sites excluding steroid dienone is 2. The summed E-state index contributed by atoms with van der Waals surface area (Å²) in [7, 11) is 0. The molecule has 0 radical (unpaired) electrons. The minimum absolute atomic E-state index is 0.237. The highest BCUT2D eigenvalue weighted by Gasteiger charge is 2.32. The molecule has 0 fully saturated rings. The van der Waals surface area contributed by atoms with Gasteiger partial charge in [0.05, 0.1) is 6.04 Å². The molecule has 0 aromatic rings. The molecule has 2 heteroatoms. The van der Waals surface area contributed by atoms with E-state index in [0.717, 1.165) is 0 Å². The number of hydrogen-bond acceptors (Lipinski definition) is 2. The number of rotatable bonds is 1. The third-order valence-electron chi connectivity index (χ3n) is 3.31. The minimum atomic E-state index is 0.237. The van der Waals surface area contributed by atoms with Crippen LogP contribution in [0.1, 0.15) is 34.6 Å². The van der Waals surface area contributed by atoms with Gasteiger partial charge in [0.15, 0.2) is 0 Å². The summed E-state index contributed by atoms with van der Waals surface area (Å²) in [6, 6.07) is 0.909. The molecule has 16 heavy (non-hydrogen) atoms. The highest BCUT2D eigenvalue weighted by Crippen LogP contribution is 2.34. The maximum Gasteiger partial charge on any atom is 0.0770 e. The van der Waals surface area contributed by atoms with Gasteiger partial charge in [0.25, 0.3) is 0 Å². The van der Waals surface area contributed by atoms with E-state index in [1.807, 2.05) is 0 Å². The summed E-state index contributed by atoms with van der Waals surface area (Å²) in [5.74, 6) is 0.460. The number of nitrogens with zero attached hydrogens (tertiary/aromatic N) is 2. The Bertz CT molecular complexity index is 355. The lowest BCUT2D eigenvalue weighted by molar-refractivity contribution is 0.198. The van der Waals surface area contributed by atoms with Gasteiger partial charge in [-0.15, -0.1) is 0 Å². The van der Waals surface area contributed by atoms with E-state index < -0.39 is 0 Å². The van der Waals surface area contributed by atoms with Gasteiger partial charge in [0, 0.05) is 18.2 Å². The van der Waals surface area contributed by atoms with Crippen molar-refractivity contribution in [3.8, 4) is 0 Å². The third kappa shape index (κ3) is 1.93. The Labute approximate surface area is 98.7 Å². The second-order valence-electron chi connectivity index (χ2n) is 6.04. The van der Waals surface area contributed by atoms with E-state index in [1.54, 1.807) is 0 Å². The van der Waals surface area contributed by atoms with Crippen LogP contribution in [0.3, 0.4) is 0 Å². The predicted octanol–water partition coefficient (Wildman–Crippen LogP) is 3.22. The van der Waals surface area contributed by atoms with E-state index in [4.69, 9.17) is 0 Å². The normalized spacial score (nSPS) is 28.6. The Balaban J connectivity index is 2.20. The fraction of sp³-hybridized carbons (Fsp3) is 0.643. The Morgan fingerprint density at radius 1 is 1.31 bits per heavy atom. The molecule has 2 aliphatic rings. The lowest BCUT2D eigenvalue weighted by Gasteiger charge is -2.32. The zero-order valence-corrected chi connectivity index (χ0v) is 10.9. The van der Waals surface area contributed by atoms with Gasteiger partial charge < -0.3 is 0 Å². The van der Waals surface area contributed by atoms with Crippen molar-refractivity contribution < 1.29 is 0 Å². The van der Waals surface area contributed by atoms with Gasteiger partial charge in [0.1, 0.15) is 0 Å². The summed E-state index contributed by atoms with van der Waals surface area (Å²) in [5.41, 5.74) is 1.66. The van der Waals surface area contributed by atoms with Crippen LogP contribution in [-0.2, 0) is 0 Å². The fourth-order valence-corrected chi connectivity index (χ4v) is 2.30. The van der Waals surface area contributed by atoms with E-state index in [1.165, 1.54) is 5.57 Å². The van der Waals surface area contributed by atoms with Gasteiger partial charge in [-0.2, -0.15) is 5.10 Å².